The van der Waals surface area contributed by atoms with Gasteiger partial charge in [-0.25, -0.2) is 0 Å². The summed E-state index contributed by atoms with van der Waals surface area (Å²) >= 11 is 0. The zero-order chi connectivity index (χ0) is 10.5. The van der Waals surface area contributed by atoms with E-state index in [0.29, 0.717) is 13.0 Å². The molecular formula is C8H20N2O3. The van der Waals surface area contributed by atoms with Gasteiger partial charge in [-0.3, -0.25) is 4.79 Å². The molecule has 5 heteroatoms. The maximum atomic E-state index is 9.72. The maximum Gasteiger partial charge on any atom is 0.207 e. The van der Waals surface area contributed by atoms with Crippen molar-refractivity contribution < 1.29 is 14.3 Å². The smallest absolute Gasteiger partial charge is 0.207 e. The lowest BCUT2D eigenvalue weighted by Gasteiger charge is -2.10. The number of rotatable bonds is 6. The number of amides is 1. The van der Waals surface area contributed by atoms with Crippen molar-refractivity contribution in [2.75, 3.05) is 27.3 Å². The molecule has 5 nitrogen and oxygen atoms in total. The average molecular weight is 192 g/mol. The Morgan fingerprint density at radius 1 is 1.46 bits per heavy atom. The molecule has 3 N–H and O–H groups in total. The number of carbonyl (C=O) groups excluding carboxylic acids is 1. The summed E-state index contributed by atoms with van der Waals surface area (Å²) in [6, 6.07) is 0. The number of ether oxygens (including phenoxy) is 2. The molecule has 0 aromatic rings. The van der Waals surface area contributed by atoms with Crippen LogP contribution in [0.25, 0.3) is 0 Å². The minimum atomic E-state index is -0.338. The molecule has 0 aromatic heterocycles. The van der Waals surface area contributed by atoms with Crippen LogP contribution in [0.5, 0.6) is 0 Å². The lowest BCUT2D eigenvalue weighted by molar-refractivity contribution is -0.117. The summed E-state index contributed by atoms with van der Waals surface area (Å²) in [5.74, 6) is 0. The number of nitrogens with one attached hydrogen (secondary N) is 1. The van der Waals surface area contributed by atoms with E-state index in [-0.39, 0.29) is 6.29 Å². The Morgan fingerprint density at radius 3 is 2.15 bits per heavy atom. The normalized spacial score (nSPS) is 9.00. The van der Waals surface area contributed by atoms with Gasteiger partial charge in [0.25, 0.3) is 0 Å². The fourth-order valence-electron chi connectivity index (χ4n) is 0.407. The first-order valence-corrected chi connectivity index (χ1v) is 4.19. The maximum absolute atomic E-state index is 9.72. The second-order valence-electron chi connectivity index (χ2n) is 2.22. The summed E-state index contributed by atoms with van der Waals surface area (Å²) < 4.78 is 9.52. The lowest BCUT2D eigenvalue weighted by Crippen LogP contribution is -2.28. The SMILES string of the molecule is CCCN.COC(CNC=O)OC. The predicted octanol–water partition coefficient (Wildman–Crippen LogP) is -0.294. The summed E-state index contributed by atoms with van der Waals surface area (Å²) in [4.78, 5) is 9.72. The highest BCUT2D eigenvalue weighted by atomic mass is 16.7. The molecule has 0 unspecified atom stereocenters. The molecule has 80 valence electrons. The highest BCUT2D eigenvalue weighted by Crippen LogP contribution is 1.85. The Kier molecular flexibility index (Phi) is 15.9. The van der Waals surface area contributed by atoms with Gasteiger partial charge in [0.1, 0.15) is 0 Å². The molecular weight excluding hydrogens is 172 g/mol. The average Bonchev–Trinajstić information content (AvgIpc) is 2.20. The van der Waals surface area contributed by atoms with Gasteiger partial charge in [-0.15, -0.1) is 0 Å². The van der Waals surface area contributed by atoms with Crippen molar-refractivity contribution in [3.63, 3.8) is 0 Å². The summed E-state index contributed by atoms with van der Waals surface area (Å²) in [5.41, 5.74) is 5.03. The molecule has 0 heterocycles. The zero-order valence-electron chi connectivity index (χ0n) is 8.58. The fourth-order valence-corrected chi connectivity index (χ4v) is 0.407. The van der Waals surface area contributed by atoms with Crippen molar-refractivity contribution in [2.24, 2.45) is 5.73 Å². The highest BCUT2D eigenvalue weighted by molar-refractivity contribution is 5.45. The molecule has 0 atom stereocenters. The predicted molar refractivity (Wildman–Crippen MR) is 51.2 cm³/mol. The van der Waals surface area contributed by atoms with E-state index in [0.717, 1.165) is 13.0 Å². The molecule has 0 aliphatic rings. The number of carbonyl (C=O) groups is 1. The first kappa shape index (κ1) is 14.9. The van der Waals surface area contributed by atoms with Gasteiger partial charge in [-0.2, -0.15) is 0 Å². The van der Waals surface area contributed by atoms with Crippen LogP contribution in [0, 0.1) is 0 Å². The van der Waals surface area contributed by atoms with Gasteiger partial charge in [0.15, 0.2) is 6.29 Å². The van der Waals surface area contributed by atoms with Gasteiger partial charge in [0, 0.05) is 14.2 Å². The zero-order valence-corrected chi connectivity index (χ0v) is 8.58. The Labute approximate surface area is 79.6 Å². The van der Waals surface area contributed by atoms with E-state index in [4.69, 9.17) is 15.2 Å². The van der Waals surface area contributed by atoms with E-state index in [1.165, 1.54) is 14.2 Å². The van der Waals surface area contributed by atoms with Gasteiger partial charge in [0.05, 0.1) is 6.54 Å². The summed E-state index contributed by atoms with van der Waals surface area (Å²) in [5, 5.41) is 2.42. The van der Waals surface area contributed by atoms with E-state index in [9.17, 15) is 4.79 Å². The first-order valence-electron chi connectivity index (χ1n) is 4.19. The Hall–Kier alpha value is -0.650. The third kappa shape index (κ3) is 14.2. The van der Waals surface area contributed by atoms with Crippen molar-refractivity contribution in [2.45, 2.75) is 19.6 Å². The van der Waals surface area contributed by atoms with Gasteiger partial charge >= 0.3 is 0 Å². The molecule has 0 aliphatic heterocycles. The van der Waals surface area contributed by atoms with Gasteiger partial charge in [0.2, 0.25) is 6.41 Å². The molecule has 0 spiro atoms. The molecule has 0 aliphatic carbocycles. The molecule has 0 aromatic carbocycles. The van der Waals surface area contributed by atoms with E-state index in [1.54, 1.807) is 0 Å². The quantitative estimate of drug-likeness (QED) is 0.448. The second kappa shape index (κ2) is 13.9. The lowest BCUT2D eigenvalue weighted by atomic mass is 10.5. The molecule has 0 saturated carbocycles. The van der Waals surface area contributed by atoms with Crippen molar-refractivity contribution >= 4 is 6.41 Å². The van der Waals surface area contributed by atoms with Crippen LogP contribution in [0.3, 0.4) is 0 Å². The third-order valence-corrected chi connectivity index (χ3v) is 1.18. The van der Waals surface area contributed by atoms with E-state index < -0.39 is 0 Å². The van der Waals surface area contributed by atoms with Crippen LogP contribution in [0.2, 0.25) is 0 Å². The minimum Gasteiger partial charge on any atom is -0.354 e. The van der Waals surface area contributed by atoms with Crippen molar-refractivity contribution in [1.29, 1.82) is 0 Å². The van der Waals surface area contributed by atoms with Crippen LogP contribution in [0.1, 0.15) is 13.3 Å². The second-order valence-corrected chi connectivity index (χ2v) is 2.22. The van der Waals surface area contributed by atoms with E-state index >= 15 is 0 Å². The van der Waals surface area contributed by atoms with Crippen molar-refractivity contribution in [3.8, 4) is 0 Å². The summed E-state index contributed by atoms with van der Waals surface area (Å²) in [6.07, 6.45) is 1.36. The van der Waals surface area contributed by atoms with Crippen LogP contribution < -0.4 is 11.1 Å². The van der Waals surface area contributed by atoms with Crippen LogP contribution >= 0.6 is 0 Å². The number of nitrogens with two attached hydrogens (primary N) is 1. The fraction of sp³-hybridized carbons (Fsp3) is 0.875. The van der Waals surface area contributed by atoms with Crippen molar-refractivity contribution in [1.82, 2.24) is 5.32 Å². The molecule has 0 fully saturated rings. The number of methoxy groups -OCH3 is 2. The standard InChI is InChI=1S/C5H11NO3.C3H9N/c1-8-5(9-2)3-6-4-7;1-2-3-4/h4-5H,3H2,1-2H3,(H,6,7);2-4H2,1H3. The van der Waals surface area contributed by atoms with Crippen LogP contribution in [-0.4, -0.2) is 40.0 Å². The summed E-state index contributed by atoms with van der Waals surface area (Å²) in [7, 11) is 3.03. The molecule has 0 bridgehead atoms. The van der Waals surface area contributed by atoms with Crippen LogP contribution in [0.15, 0.2) is 0 Å². The van der Waals surface area contributed by atoms with Gasteiger partial charge in [-0.05, 0) is 13.0 Å². The Morgan fingerprint density at radius 2 is 1.92 bits per heavy atom. The molecule has 1 amide bonds. The largest absolute Gasteiger partial charge is 0.354 e. The van der Waals surface area contributed by atoms with Gasteiger partial charge < -0.3 is 20.5 Å². The minimum absolute atomic E-state index is 0.338. The monoisotopic (exact) mass is 192 g/mol. The summed E-state index contributed by atoms with van der Waals surface area (Å²) in [6.45, 7) is 3.26. The number of hydrogen-bond acceptors (Lipinski definition) is 4. The molecule has 13 heavy (non-hydrogen) atoms. The first-order chi connectivity index (χ1) is 6.26. The van der Waals surface area contributed by atoms with E-state index in [2.05, 4.69) is 12.2 Å². The van der Waals surface area contributed by atoms with Crippen molar-refractivity contribution in [3.05, 3.63) is 0 Å². The van der Waals surface area contributed by atoms with Crippen LogP contribution in [0.4, 0.5) is 0 Å². The molecule has 0 radical (unpaired) electrons. The highest BCUT2D eigenvalue weighted by Gasteiger charge is 2.00. The topological polar surface area (TPSA) is 73.6 Å². The van der Waals surface area contributed by atoms with Crippen LogP contribution in [-0.2, 0) is 14.3 Å². The molecule has 0 saturated heterocycles. The molecule has 0 rings (SSSR count). The van der Waals surface area contributed by atoms with E-state index in [1.807, 2.05) is 0 Å². The third-order valence-electron chi connectivity index (χ3n) is 1.18. The Balaban J connectivity index is 0. The Bertz CT molecular complexity index is 95.4. The number of hydrogen-bond donors (Lipinski definition) is 2. The van der Waals surface area contributed by atoms with Gasteiger partial charge in [-0.1, -0.05) is 6.92 Å².